The van der Waals surface area contributed by atoms with E-state index in [1.807, 2.05) is 0 Å². The molecular weight excluding hydrogens is 393 g/mol. The third kappa shape index (κ3) is 5.51. The Hall–Kier alpha value is -1.98. The number of sulfonamides is 1. The average molecular weight is 408 g/mol. The first kappa shape index (κ1) is 20.3. The molecule has 0 spiro atoms. The van der Waals surface area contributed by atoms with Gasteiger partial charge in [0, 0.05) is 25.2 Å². The van der Waals surface area contributed by atoms with Gasteiger partial charge in [-0.3, -0.25) is 4.98 Å². The van der Waals surface area contributed by atoms with Crippen LogP contribution in [0.5, 0.6) is 0 Å². The molecule has 0 atom stereocenters. The molecule has 0 aliphatic carbocycles. The smallest absolute Gasteiger partial charge is 0.263 e. The van der Waals surface area contributed by atoms with Crippen LogP contribution in [0, 0.1) is 0 Å². The van der Waals surface area contributed by atoms with Crippen LogP contribution >= 0.6 is 0 Å². The van der Waals surface area contributed by atoms with E-state index >= 15 is 0 Å². The first-order valence-corrected chi connectivity index (χ1v) is 10.7. The Bertz CT molecular complexity index is 1000. The molecule has 0 unspecified atom stereocenters. The van der Waals surface area contributed by atoms with E-state index in [1.54, 1.807) is 6.07 Å². The molecule has 1 aromatic carbocycles. The van der Waals surface area contributed by atoms with Gasteiger partial charge in [-0.25, -0.2) is 21.6 Å². The lowest BCUT2D eigenvalue weighted by Crippen LogP contribution is -2.26. The Labute approximate surface area is 149 Å². The van der Waals surface area contributed by atoms with Crippen LogP contribution in [0.15, 0.2) is 47.6 Å². The molecule has 6 nitrogen and oxygen atoms in total. The van der Waals surface area contributed by atoms with Gasteiger partial charge in [0.05, 0.1) is 11.3 Å². The number of sulfone groups is 1. The van der Waals surface area contributed by atoms with Crippen molar-refractivity contribution in [2.75, 3.05) is 6.26 Å². The van der Waals surface area contributed by atoms with E-state index in [4.69, 9.17) is 0 Å². The maximum Gasteiger partial charge on any atom is 0.417 e. The Morgan fingerprint density at radius 1 is 1.08 bits per heavy atom. The zero-order valence-electron chi connectivity index (χ0n) is 13.5. The summed E-state index contributed by atoms with van der Waals surface area (Å²) in [7, 11) is -7.75. The Balaban J connectivity index is 2.24. The van der Waals surface area contributed by atoms with Crippen LogP contribution < -0.4 is 4.72 Å². The fourth-order valence-corrected chi connectivity index (χ4v) is 4.19. The van der Waals surface area contributed by atoms with Crippen LogP contribution in [0.1, 0.15) is 16.7 Å². The molecule has 0 aliphatic rings. The highest BCUT2D eigenvalue weighted by atomic mass is 32.2. The van der Waals surface area contributed by atoms with Gasteiger partial charge in [-0.1, -0.05) is 24.3 Å². The minimum atomic E-state index is -4.84. The summed E-state index contributed by atoms with van der Waals surface area (Å²) < 4.78 is 88.1. The number of alkyl halides is 3. The first-order chi connectivity index (χ1) is 11.9. The zero-order chi connectivity index (χ0) is 19.6. The number of halogens is 3. The number of hydrogen-bond donors (Lipinski definition) is 1. The number of benzene rings is 1. The number of hydrogen-bond acceptors (Lipinski definition) is 5. The molecule has 1 aromatic heterocycles. The van der Waals surface area contributed by atoms with Crippen LogP contribution in [0.2, 0.25) is 0 Å². The van der Waals surface area contributed by atoms with Gasteiger partial charge < -0.3 is 0 Å². The molecule has 0 aliphatic heterocycles. The van der Waals surface area contributed by atoms with Crippen molar-refractivity contribution in [1.82, 2.24) is 9.71 Å². The largest absolute Gasteiger partial charge is 0.417 e. The molecule has 11 heteroatoms. The highest BCUT2D eigenvalue weighted by Gasteiger charge is 2.37. The average Bonchev–Trinajstić information content (AvgIpc) is 2.51. The Morgan fingerprint density at radius 2 is 1.73 bits per heavy atom. The van der Waals surface area contributed by atoms with E-state index in [9.17, 15) is 30.0 Å². The van der Waals surface area contributed by atoms with Gasteiger partial charge in [-0.15, -0.1) is 0 Å². The van der Waals surface area contributed by atoms with Crippen LogP contribution in [0.3, 0.4) is 0 Å². The number of rotatable bonds is 6. The lowest BCUT2D eigenvalue weighted by molar-refractivity contribution is -0.140. The minimum absolute atomic E-state index is 0.228. The van der Waals surface area contributed by atoms with Crippen LogP contribution in [-0.4, -0.2) is 28.1 Å². The second-order valence-corrected chi connectivity index (χ2v) is 9.46. The summed E-state index contributed by atoms with van der Waals surface area (Å²) in [5, 5.41) is 0. The van der Waals surface area contributed by atoms with Gasteiger partial charge in [0.1, 0.15) is 4.90 Å². The normalized spacial score (nSPS) is 12.9. The summed E-state index contributed by atoms with van der Waals surface area (Å²) in [5.74, 6) is -0.228. The summed E-state index contributed by atoms with van der Waals surface area (Å²) >= 11 is 0. The molecule has 0 saturated carbocycles. The molecule has 142 valence electrons. The summed E-state index contributed by atoms with van der Waals surface area (Å²) in [4.78, 5) is 2.48. The van der Waals surface area contributed by atoms with Gasteiger partial charge in [-0.2, -0.15) is 13.2 Å². The van der Waals surface area contributed by atoms with Gasteiger partial charge in [0.2, 0.25) is 10.0 Å². The number of pyridine rings is 1. The third-order valence-electron chi connectivity index (χ3n) is 3.27. The standard InChI is InChI=1S/C15H15F3N2O4S2/c1-25(21,22)10-12-4-2-3-11(7-12)8-20-26(23,24)14-9-19-6-5-13(14)15(16,17)18/h2-7,9,20H,8,10H2,1H3. The molecule has 0 fully saturated rings. The second-order valence-electron chi connectivity index (χ2n) is 5.58. The van der Waals surface area contributed by atoms with E-state index < -0.39 is 36.5 Å². The summed E-state index contributed by atoms with van der Waals surface area (Å²) in [5.41, 5.74) is -0.459. The van der Waals surface area contributed by atoms with Crippen molar-refractivity contribution in [3.8, 4) is 0 Å². The van der Waals surface area contributed by atoms with Crippen molar-refractivity contribution >= 4 is 19.9 Å². The first-order valence-electron chi connectivity index (χ1n) is 7.15. The van der Waals surface area contributed by atoms with Gasteiger partial charge >= 0.3 is 6.18 Å². The summed E-state index contributed by atoms with van der Waals surface area (Å²) in [6.45, 7) is -0.299. The fourth-order valence-electron chi connectivity index (χ4n) is 2.22. The van der Waals surface area contributed by atoms with Gasteiger partial charge in [0.25, 0.3) is 0 Å². The Morgan fingerprint density at radius 3 is 2.35 bits per heavy atom. The lowest BCUT2D eigenvalue weighted by Gasteiger charge is -2.13. The van der Waals surface area contributed by atoms with E-state index in [0.29, 0.717) is 23.4 Å². The number of nitrogens with one attached hydrogen (secondary N) is 1. The molecule has 26 heavy (non-hydrogen) atoms. The second kappa shape index (κ2) is 7.33. The fraction of sp³-hybridized carbons (Fsp3) is 0.267. The molecule has 0 radical (unpaired) electrons. The number of aromatic nitrogens is 1. The molecule has 0 bridgehead atoms. The highest BCUT2D eigenvalue weighted by Crippen LogP contribution is 2.33. The maximum absolute atomic E-state index is 13.0. The molecule has 0 amide bonds. The highest BCUT2D eigenvalue weighted by molar-refractivity contribution is 7.90. The number of nitrogens with zero attached hydrogens (tertiary/aromatic N) is 1. The van der Waals surface area contributed by atoms with Crippen molar-refractivity contribution in [3.63, 3.8) is 0 Å². The lowest BCUT2D eigenvalue weighted by atomic mass is 10.1. The minimum Gasteiger partial charge on any atom is -0.263 e. The quantitative estimate of drug-likeness (QED) is 0.790. The summed E-state index contributed by atoms with van der Waals surface area (Å²) in [6, 6.07) is 6.68. The van der Waals surface area contributed by atoms with Gasteiger partial charge in [0.15, 0.2) is 9.84 Å². The van der Waals surface area contributed by atoms with Crippen LogP contribution in [-0.2, 0) is 38.3 Å². The predicted octanol–water partition coefficient (Wildman–Crippen LogP) is 2.12. The van der Waals surface area contributed by atoms with E-state index in [1.165, 1.54) is 18.2 Å². The molecule has 2 rings (SSSR count). The summed E-state index contributed by atoms with van der Waals surface area (Å²) in [6.07, 6.45) is -2.30. The third-order valence-corrected chi connectivity index (χ3v) is 5.55. The molecular formula is C15H15F3N2O4S2. The van der Waals surface area contributed by atoms with E-state index in [-0.39, 0.29) is 12.3 Å². The monoisotopic (exact) mass is 408 g/mol. The predicted molar refractivity (Wildman–Crippen MR) is 88.3 cm³/mol. The molecule has 1 N–H and O–H groups in total. The zero-order valence-corrected chi connectivity index (χ0v) is 15.1. The van der Waals surface area contributed by atoms with E-state index in [2.05, 4.69) is 9.71 Å². The molecule has 1 heterocycles. The SMILES string of the molecule is CS(=O)(=O)Cc1cccc(CNS(=O)(=O)c2cnccc2C(F)(F)F)c1. The van der Waals surface area contributed by atoms with E-state index in [0.717, 1.165) is 12.5 Å². The Kier molecular flexibility index (Phi) is 5.73. The maximum atomic E-state index is 13.0. The van der Waals surface area contributed by atoms with Crippen molar-refractivity contribution < 1.29 is 30.0 Å². The molecule has 2 aromatic rings. The topological polar surface area (TPSA) is 93.2 Å². The molecule has 0 saturated heterocycles. The van der Waals surface area contributed by atoms with Crippen molar-refractivity contribution in [3.05, 3.63) is 59.4 Å². The van der Waals surface area contributed by atoms with Crippen LogP contribution in [0.4, 0.5) is 13.2 Å². The van der Waals surface area contributed by atoms with Crippen molar-refractivity contribution in [1.29, 1.82) is 0 Å². The van der Waals surface area contributed by atoms with Crippen LogP contribution in [0.25, 0.3) is 0 Å². The van der Waals surface area contributed by atoms with Gasteiger partial charge in [-0.05, 0) is 17.2 Å². The van der Waals surface area contributed by atoms with Crippen molar-refractivity contribution in [2.45, 2.75) is 23.4 Å². The van der Waals surface area contributed by atoms with Crippen molar-refractivity contribution in [2.24, 2.45) is 0 Å².